The van der Waals surface area contributed by atoms with Crippen molar-refractivity contribution in [2.45, 2.75) is 0 Å². The van der Waals surface area contributed by atoms with Gasteiger partial charge in [-0.25, -0.2) is 4.98 Å². The molecule has 0 saturated heterocycles. The van der Waals surface area contributed by atoms with Crippen molar-refractivity contribution in [1.82, 2.24) is 4.98 Å². The number of hydrogen-bond acceptors (Lipinski definition) is 3. The van der Waals surface area contributed by atoms with E-state index in [4.69, 9.17) is 0 Å². The molecule has 5 heteroatoms. The molecule has 66 valence electrons. The van der Waals surface area contributed by atoms with Crippen molar-refractivity contribution in [3.63, 3.8) is 0 Å². The lowest BCUT2D eigenvalue weighted by molar-refractivity contribution is 0.270. The van der Waals surface area contributed by atoms with Gasteiger partial charge in [-0.2, -0.15) is 0 Å². The first kappa shape index (κ1) is 8.52. The topological polar surface area (TPSA) is 42.0 Å². The third kappa shape index (κ3) is 1.81. The lowest BCUT2D eigenvalue weighted by Crippen LogP contribution is -1.99. The third-order valence-electron chi connectivity index (χ3n) is 1.51. The van der Waals surface area contributed by atoms with Crippen LogP contribution in [0.5, 0.6) is 0 Å². The highest BCUT2D eigenvalue weighted by molar-refractivity contribution is 7.97. The molecule has 2 rings (SSSR count). The molecule has 0 atom stereocenters. The SMILES string of the molecule is O=C(S)Nc1nc2ccccc2s1. The number of fused-ring (bicyclic) bond motifs is 1. The highest BCUT2D eigenvalue weighted by Gasteiger charge is 2.03. The molecule has 1 aromatic heterocycles. The zero-order valence-corrected chi connectivity index (χ0v) is 8.23. The normalized spacial score (nSPS) is 10.2. The van der Waals surface area contributed by atoms with Crippen LogP contribution in [0.15, 0.2) is 24.3 Å². The maximum Gasteiger partial charge on any atom is 0.282 e. The Labute approximate surface area is 84.2 Å². The van der Waals surface area contributed by atoms with Crippen LogP contribution >= 0.6 is 24.0 Å². The highest BCUT2D eigenvalue weighted by Crippen LogP contribution is 2.25. The van der Waals surface area contributed by atoms with Crippen LogP contribution in [-0.2, 0) is 0 Å². The summed E-state index contributed by atoms with van der Waals surface area (Å²) in [4.78, 5) is 14.8. The number of carbonyl (C=O) groups is 1. The van der Waals surface area contributed by atoms with Crippen LogP contribution in [0.1, 0.15) is 0 Å². The molecule has 3 nitrogen and oxygen atoms in total. The number of aromatic nitrogens is 1. The lowest BCUT2D eigenvalue weighted by Gasteiger charge is -1.90. The molecule has 0 fully saturated rings. The van der Waals surface area contributed by atoms with Crippen molar-refractivity contribution in [3.8, 4) is 0 Å². The van der Waals surface area contributed by atoms with Gasteiger partial charge >= 0.3 is 0 Å². The van der Waals surface area contributed by atoms with E-state index in [9.17, 15) is 4.79 Å². The molecule has 0 spiro atoms. The quantitative estimate of drug-likeness (QED) is 0.711. The summed E-state index contributed by atoms with van der Waals surface area (Å²) in [6, 6.07) is 7.71. The van der Waals surface area contributed by atoms with Crippen LogP contribution < -0.4 is 5.32 Å². The van der Waals surface area contributed by atoms with Gasteiger partial charge in [-0.1, -0.05) is 36.1 Å². The predicted octanol–water partition coefficient (Wildman–Crippen LogP) is 2.76. The number of rotatable bonds is 1. The van der Waals surface area contributed by atoms with Gasteiger partial charge in [0.05, 0.1) is 10.2 Å². The number of anilines is 1. The van der Waals surface area contributed by atoms with Gasteiger partial charge in [0.1, 0.15) is 0 Å². The second-order valence-corrected chi connectivity index (χ2v) is 3.85. The molecule has 0 bridgehead atoms. The second kappa shape index (κ2) is 3.35. The largest absolute Gasteiger partial charge is 0.293 e. The average Bonchev–Trinajstić information content (AvgIpc) is 2.44. The first-order valence-corrected chi connectivity index (χ1v) is 4.87. The molecular formula is C8H6N2OS2. The molecule has 0 aliphatic rings. The van der Waals surface area contributed by atoms with Crippen molar-refractivity contribution in [2.75, 3.05) is 5.32 Å². The number of benzene rings is 1. The number of para-hydroxylation sites is 1. The van der Waals surface area contributed by atoms with E-state index in [0.717, 1.165) is 10.2 Å². The molecule has 1 amide bonds. The van der Waals surface area contributed by atoms with Crippen molar-refractivity contribution >= 4 is 44.6 Å². The Morgan fingerprint density at radius 1 is 1.46 bits per heavy atom. The maximum atomic E-state index is 10.6. The number of nitrogens with one attached hydrogen (secondary N) is 1. The summed E-state index contributed by atoms with van der Waals surface area (Å²) in [6.45, 7) is 0. The minimum Gasteiger partial charge on any atom is -0.293 e. The summed E-state index contributed by atoms with van der Waals surface area (Å²) in [5, 5.41) is 2.72. The van der Waals surface area contributed by atoms with Gasteiger partial charge in [-0.15, -0.1) is 0 Å². The number of hydrogen-bond donors (Lipinski definition) is 2. The number of thiazole rings is 1. The molecule has 0 aliphatic heterocycles. The van der Waals surface area contributed by atoms with Gasteiger partial charge in [0.25, 0.3) is 5.24 Å². The van der Waals surface area contributed by atoms with E-state index in [1.807, 2.05) is 24.3 Å². The van der Waals surface area contributed by atoms with Crippen molar-refractivity contribution in [3.05, 3.63) is 24.3 Å². The van der Waals surface area contributed by atoms with Gasteiger partial charge < -0.3 is 0 Å². The van der Waals surface area contributed by atoms with Crippen LogP contribution in [0.2, 0.25) is 0 Å². The summed E-state index contributed by atoms with van der Waals surface area (Å²) < 4.78 is 1.06. The minimum absolute atomic E-state index is 0.390. The van der Waals surface area contributed by atoms with E-state index in [1.54, 1.807) is 0 Å². The number of thiol groups is 1. The van der Waals surface area contributed by atoms with Crippen LogP contribution in [0.4, 0.5) is 9.93 Å². The highest BCUT2D eigenvalue weighted by atomic mass is 32.1. The Morgan fingerprint density at radius 2 is 2.23 bits per heavy atom. The Bertz CT molecular complexity index is 419. The molecule has 1 heterocycles. The Morgan fingerprint density at radius 3 is 2.92 bits per heavy atom. The van der Waals surface area contributed by atoms with Crippen molar-refractivity contribution in [1.29, 1.82) is 0 Å². The molecule has 13 heavy (non-hydrogen) atoms. The number of carbonyl (C=O) groups excluding carboxylic acids is 1. The standard InChI is InChI=1S/C8H6N2OS2/c11-8(12)10-7-9-5-3-1-2-4-6(5)13-7/h1-4H,(H2,9,10,11,12). The first-order chi connectivity index (χ1) is 6.25. The lowest BCUT2D eigenvalue weighted by atomic mass is 10.3. The Balaban J connectivity index is 2.44. The molecule has 1 aromatic carbocycles. The molecular weight excluding hydrogens is 204 g/mol. The van der Waals surface area contributed by atoms with Gasteiger partial charge in [-0.3, -0.25) is 10.1 Å². The first-order valence-electron chi connectivity index (χ1n) is 3.61. The van der Waals surface area contributed by atoms with Crippen LogP contribution in [0.25, 0.3) is 10.2 Å². The van der Waals surface area contributed by atoms with Gasteiger partial charge in [0.2, 0.25) is 0 Å². The molecule has 0 aliphatic carbocycles. The van der Waals surface area contributed by atoms with Crippen molar-refractivity contribution < 1.29 is 4.79 Å². The monoisotopic (exact) mass is 210 g/mol. The minimum atomic E-state index is -0.390. The van der Waals surface area contributed by atoms with Crippen LogP contribution in [-0.4, -0.2) is 10.2 Å². The van der Waals surface area contributed by atoms with Gasteiger partial charge in [0, 0.05) is 0 Å². The Hall–Kier alpha value is -1.07. The van der Waals surface area contributed by atoms with Gasteiger partial charge in [0.15, 0.2) is 5.13 Å². The van der Waals surface area contributed by atoms with E-state index in [1.165, 1.54) is 11.3 Å². The molecule has 2 aromatic rings. The summed E-state index contributed by atoms with van der Waals surface area (Å²) in [5.74, 6) is 0. The number of nitrogens with zero attached hydrogens (tertiary/aromatic N) is 1. The zero-order valence-electron chi connectivity index (χ0n) is 6.52. The van der Waals surface area contributed by atoms with E-state index >= 15 is 0 Å². The predicted molar refractivity (Wildman–Crippen MR) is 57.6 cm³/mol. The molecule has 0 unspecified atom stereocenters. The summed E-state index contributed by atoms with van der Waals surface area (Å²) in [6.07, 6.45) is 0. The second-order valence-electron chi connectivity index (χ2n) is 2.42. The van der Waals surface area contributed by atoms with E-state index in [0.29, 0.717) is 5.13 Å². The molecule has 0 saturated carbocycles. The maximum absolute atomic E-state index is 10.6. The Kier molecular flexibility index (Phi) is 2.20. The summed E-state index contributed by atoms with van der Waals surface area (Å²) in [7, 11) is 0. The summed E-state index contributed by atoms with van der Waals surface area (Å²) >= 11 is 5.04. The van der Waals surface area contributed by atoms with E-state index in [-0.39, 0.29) is 5.24 Å². The fourth-order valence-electron chi connectivity index (χ4n) is 1.02. The molecule has 1 N–H and O–H groups in total. The number of amides is 1. The fourth-order valence-corrected chi connectivity index (χ4v) is 2.06. The van der Waals surface area contributed by atoms with E-state index in [2.05, 4.69) is 22.9 Å². The van der Waals surface area contributed by atoms with Crippen molar-refractivity contribution in [2.24, 2.45) is 0 Å². The zero-order chi connectivity index (χ0) is 9.26. The van der Waals surface area contributed by atoms with Crippen LogP contribution in [0, 0.1) is 0 Å². The third-order valence-corrected chi connectivity index (χ3v) is 2.57. The van der Waals surface area contributed by atoms with Crippen LogP contribution in [0.3, 0.4) is 0 Å². The summed E-state index contributed by atoms with van der Waals surface area (Å²) in [5.41, 5.74) is 0.893. The van der Waals surface area contributed by atoms with E-state index < -0.39 is 0 Å². The smallest absolute Gasteiger partial charge is 0.282 e. The average molecular weight is 210 g/mol. The molecule has 0 radical (unpaired) electrons. The van der Waals surface area contributed by atoms with Gasteiger partial charge in [-0.05, 0) is 12.1 Å². The fraction of sp³-hybridized carbons (Fsp3) is 0.